The van der Waals surface area contributed by atoms with Crippen LogP contribution < -0.4 is 14.9 Å². The molecule has 7 rings (SSSR count). The van der Waals surface area contributed by atoms with Gasteiger partial charge in [0.15, 0.2) is 5.82 Å². The highest BCUT2D eigenvalue weighted by molar-refractivity contribution is 7.92. The Labute approximate surface area is 296 Å². The summed E-state index contributed by atoms with van der Waals surface area (Å²) in [6, 6.07) is 28.4. The van der Waals surface area contributed by atoms with E-state index in [9.17, 15) is 18.5 Å². The molecule has 2 fully saturated rings. The molecule has 0 radical (unpaired) electrons. The second kappa shape index (κ2) is 14.6. The normalized spacial score (nSPS) is 18.5. The van der Waals surface area contributed by atoms with Gasteiger partial charge in [0, 0.05) is 62.3 Å². The number of rotatable bonds is 10. The van der Waals surface area contributed by atoms with Crippen LogP contribution in [0, 0.1) is 10.1 Å². The van der Waals surface area contributed by atoms with Crippen LogP contribution in [-0.2, 0) is 21.3 Å². The van der Waals surface area contributed by atoms with Crippen molar-refractivity contribution in [3.63, 3.8) is 0 Å². The van der Waals surface area contributed by atoms with E-state index in [-0.39, 0.29) is 33.6 Å². The minimum atomic E-state index is -4.22. The third kappa shape index (κ3) is 7.53. The number of piperazine rings is 1. The zero-order valence-corrected chi connectivity index (χ0v) is 28.9. The van der Waals surface area contributed by atoms with E-state index in [0.29, 0.717) is 30.4 Å². The Bertz CT molecular complexity index is 2110. The van der Waals surface area contributed by atoms with Gasteiger partial charge in [-0.25, -0.2) is 18.4 Å². The average Bonchev–Trinajstić information content (AvgIpc) is 3.12. The number of nitro benzene ring substituents is 1. The molecule has 2 unspecified atom stereocenters. The maximum Gasteiger partial charge on any atom is 0.293 e. The Kier molecular flexibility index (Phi) is 9.85. The van der Waals surface area contributed by atoms with Gasteiger partial charge in [-0.3, -0.25) is 19.7 Å². The number of thiol groups is 1. The molecule has 0 aliphatic carbocycles. The summed E-state index contributed by atoms with van der Waals surface area (Å²) >= 11 is 4.35. The molecule has 0 amide bonds. The topological polar surface area (TPSA) is 143 Å². The van der Waals surface area contributed by atoms with Crippen molar-refractivity contribution < 1.29 is 18.1 Å². The van der Waals surface area contributed by atoms with Crippen LogP contribution in [-0.4, -0.2) is 72.5 Å². The van der Waals surface area contributed by atoms with Gasteiger partial charge in [0.1, 0.15) is 17.5 Å². The number of hydrogen-bond acceptors (Lipinski definition) is 11. The van der Waals surface area contributed by atoms with E-state index in [2.05, 4.69) is 91.0 Å². The first kappa shape index (κ1) is 33.7. The maximum absolute atomic E-state index is 13.5. The quantitative estimate of drug-likeness (QED) is 0.0874. The van der Waals surface area contributed by atoms with Crippen molar-refractivity contribution in [3.8, 4) is 11.1 Å². The number of aromatic nitrogens is 2. The van der Waals surface area contributed by atoms with Crippen molar-refractivity contribution in [2.24, 2.45) is 0 Å². The lowest BCUT2D eigenvalue weighted by Crippen LogP contribution is -2.46. The summed E-state index contributed by atoms with van der Waals surface area (Å²) in [6.45, 7) is 4.78. The Morgan fingerprint density at radius 1 is 0.940 bits per heavy atom. The van der Waals surface area contributed by atoms with E-state index in [1.807, 2.05) is 24.3 Å². The van der Waals surface area contributed by atoms with Gasteiger partial charge in [-0.15, -0.1) is 12.6 Å². The first-order chi connectivity index (χ1) is 24.2. The number of benzene rings is 4. The van der Waals surface area contributed by atoms with Gasteiger partial charge < -0.3 is 15.0 Å². The van der Waals surface area contributed by atoms with Crippen molar-refractivity contribution in [2.75, 3.05) is 47.7 Å². The molecule has 4 aromatic carbocycles. The number of fused-ring (bicyclic) bond motifs is 1. The number of nitrogens with zero attached hydrogens (tertiary/aromatic N) is 5. The zero-order chi connectivity index (χ0) is 34.7. The van der Waals surface area contributed by atoms with E-state index in [1.54, 1.807) is 0 Å². The van der Waals surface area contributed by atoms with E-state index in [0.717, 1.165) is 44.5 Å². The molecule has 258 valence electrons. The predicted molar refractivity (Wildman–Crippen MR) is 198 cm³/mol. The van der Waals surface area contributed by atoms with Gasteiger partial charge in [0.25, 0.3) is 15.7 Å². The Morgan fingerprint density at radius 3 is 2.50 bits per heavy atom. The minimum Gasteiger partial charge on any atom is -0.377 e. The molecule has 2 aliphatic rings. The summed E-state index contributed by atoms with van der Waals surface area (Å²) in [4.78, 5) is 24.5. The summed E-state index contributed by atoms with van der Waals surface area (Å²) in [5, 5.41) is 15.6. The fourth-order valence-electron chi connectivity index (χ4n) is 6.55. The van der Waals surface area contributed by atoms with Crippen LogP contribution in [0.25, 0.3) is 22.0 Å². The highest BCUT2D eigenvalue weighted by Crippen LogP contribution is 2.33. The first-order valence-corrected chi connectivity index (χ1v) is 18.5. The SMILES string of the molecule is O=[N+]([O-])c1cc(S(=O)(=O)Nc2ncnc3cc(N4CCN(Cc5ccccc5-c5ccccc5)CC4)ccc23)ccc1NC1CCOC(S)C1. The standard InChI is InChI=1S/C36H37N7O5S2/c44-43(45)34-22-29(11-13-32(34)39-27-14-19-48-35(49)20-27)50(46,47)40-36-31-12-10-28(21-33(31)37-24-38-36)42-17-15-41(16-18-42)23-26-8-4-5-9-30(26)25-6-2-1-3-7-25/h1-13,21-22,24,27,35,39,49H,14-20,23H2,(H,37,38,40). The molecule has 0 bridgehead atoms. The number of sulfonamides is 1. The molecule has 14 heteroatoms. The zero-order valence-electron chi connectivity index (χ0n) is 27.2. The fourth-order valence-corrected chi connectivity index (χ4v) is 7.96. The molecule has 0 spiro atoms. The molecule has 2 atom stereocenters. The van der Waals surface area contributed by atoms with Crippen LogP contribution in [0.3, 0.4) is 0 Å². The maximum atomic E-state index is 13.5. The van der Waals surface area contributed by atoms with Gasteiger partial charge in [-0.05, 0) is 53.4 Å². The summed E-state index contributed by atoms with van der Waals surface area (Å²) in [5.41, 5.74) is 4.96. The van der Waals surface area contributed by atoms with Gasteiger partial charge in [-0.1, -0.05) is 54.6 Å². The van der Waals surface area contributed by atoms with Gasteiger partial charge in [0.2, 0.25) is 0 Å². The number of nitrogens with one attached hydrogen (secondary N) is 2. The summed E-state index contributed by atoms with van der Waals surface area (Å²) in [5.74, 6) is 0.0929. The molecule has 12 nitrogen and oxygen atoms in total. The lowest BCUT2D eigenvalue weighted by Gasteiger charge is -2.36. The highest BCUT2D eigenvalue weighted by Gasteiger charge is 2.27. The van der Waals surface area contributed by atoms with E-state index < -0.39 is 14.9 Å². The molecule has 2 aliphatic heterocycles. The smallest absolute Gasteiger partial charge is 0.293 e. The van der Waals surface area contributed by atoms with Crippen LogP contribution in [0.5, 0.6) is 0 Å². The molecule has 1 aromatic heterocycles. The monoisotopic (exact) mass is 711 g/mol. The van der Waals surface area contributed by atoms with E-state index in [1.165, 1.54) is 35.2 Å². The largest absolute Gasteiger partial charge is 0.377 e. The van der Waals surface area contributed by atoms with Gasteiger partial charge in [0.05, 0.1) is 21.9 Å². The Morgan fingerprint density at radius 2 is 1.72 bits per heavy atom. The molecule has 5 aromatic rings. The molecule has 0 saturated carbocycles. The first-order valence-electron chi connectivity index (χ1n) is 16.5. The minimum absolute atomic E-state index is 0.0888. The Hall–Kier alpha value is -4.76. The molecular formula is C36H37N7O5S2. The molecule has 50 heavy (non-hydrogen) atoms. The fraction of sp³-hybridized carbons (Fsp3) is 0.278. The van der Waals surface area contributed by atoms with Crippen LogP contribution in [0.1, 0.15) is 18.4 Å². The van der Waals surface area contributed by atoms with E-state index in [4.69, 9.17) is 4.74 Å². The number of ether oxygens (including phenoxy) is 1. The van der Waals surface area contributed by atoms with Crippen LogP contribution in [0.2, 0.25) is 0 Å². The molecule has 2 saturated heterocycles. The lowest BCUT2D eigenvalue weighted by molar-refractivity contribution is -0.384. The third-order valence-corrected chi connectivity index (χ3v) is 10.9. The second-order valence-corrected chi connectivity index (χ2v) is 14.7. The predicted octanol–water partition coefficient (Wildman–Crippen LogP) is 6.17. The second-order valence-electron chi connectivity index (χ2n) is 12.4. The highest BCUT2D eigenvalue weighted by atomic mass is 32.2. The van der Waals surface area contributed by atoms with Crippen LogP contribution in [0.4, 0.5) is 22.9 Å². The van der Waals surface area contributed by atoms with Crippen LogP contribution in [0.15, 0.2) is 102 Å². The van der Waals surface area contributed by atoms with Gasteiger partial charge >= 0.3 is 0 Å². The molecule has 3 heterocycles. The molecular weight excluding hydrogens is 675 g/mol. The Balaban J connectivity index is 1.03. The summed E-state index contributed by atoms with van der Waals surface area (Å²) in [6.07, 6.45) is 2.52. The summed E-state index contributed by atoms with van der Waals surface area (Å²) < 4.78 is 34.9. The van der Waals surface area contributed by atoms with Crippen molar-refractivity contribution in [2.45, 2.75) is 35.8 Å². The van der Waals surface area contributed by atoms with Crippen molar-refractivity contribution in [3.05, 3.63) is 113 Å². The van der Waals surface area contributed by atoms with Crippen LogP contribution >= 0.6 is 12.6 Å². The van der Waals surface area contributed by atoms with E-state index >= 15 is 0 Å². The third-order valence-electron chi connectivity index (χ3n) is 9.18. The summed E-state index contributed by atoms with van der Waals surface area (Å²) in [7, 11) is -4.22. The van der Waals surface area contributed by atoms with Crippen molar-refractivity contribution in [1.82, 2.24) is 14.9 Å². The number of anilines is 3. The van der Waals surface area contributed by atoms with Crippen molar-refractivity contribution >= 4 is 56.4 Å². The number of nitro groups is 1. The van der Waals surface area contributed by atoms with Crippen molar-refractivity contribution in [1.29, 1.82) is 0 Å². The molecule has 2 N–H and O–H groups in total. The van der Waals surface area contributed by atoms with Gasteiger partial charge in [-0.2, -0.15) is 0 Å². The average molecular weight is 712 g/mol. The lowest BCUT2D eigenvalue weighted by atomic mass is 9.99. The number of hydrogen-bond donors (Lipinski definition) is 3.